The second kappa shape index (κ2) is 5.95. The summed E-state index contributed by atoms with van der Waals surface area (Å²) in [6.45, 7) is 8.33. The van der Waals surface area contributed by atoms with Gasteiger partial charge in [-0.15, -0.1) is 0 Å². The van der Waals surface area contributed by atoms with Crippen LogP contribution in [0.25, 0.3) is 0 Å². The van der Waals surface area contributed by atoms with Gasteiger partial charge in [-0.25, -0.2) is 4.79 Å². The molecular weight excluding hydrogens is 256 g/mol. The van der Waals surface area contributed by atoms with Gasteiger partial charge in [0.15, 0.2) is 0 Å². The van der Waals surface area contributed by atoms with Crippen molar-refractivity contribution in [2.24, 2.45) is 11.8 Å². The quantitative estimate of drug-likeness (QED) is 0.919. The number of aromatic amines is 1. The summed E-state index contributed by atoms with van der Waals surface area (Å²) in [5.41, 5.74) is -0.178. The van der Waals surface area contributed by atoms with Gasteiger partial charge in [0.25, 0.3) is 5.56 Å². The van der Waals surface area contributed by atoms with E-state index in [4.69, 9.17) is 4.74 Å². The lowest BCUT2D eigenvalue weighted by atomic mass is 9.88. The summed E-state index contributed by atoms with van der Waals surface area (Å²) in [5, 5.41) is 0. The molecule has 0 aromatic carbocycles. The zero-order valence-electron chi connectivity index (χ0n) is 12.7. The van der Waals surface area contributed by atoms with Crippen LogP contribution in [-0.2, 0) is 4.74 Å². The second-order valence-corrected chi connectivity index (χ2v) is 5.93. The van der Waals surface area contributed by atoms with E-state index in [9.17, 15) is 9.59 Å². The van der Waals surface area contributed by atoms with Gasteiger partial charge in [-0.1, -0.05) is 27.2 Å². The third-order valence-corrected chi connectivity index (χ3v) is 4.61. The minimum Gasteiger partial charge on any atom is -0.354 e. The summed E-state index contributed by atoms with van der Waals surface area (Å²) in [4.78, 5) is 25.6. The van der Waals surface area contributed by atoms with Gasteiger partial charge in [0, 0.05) is 11.8 Å². The van der Waals surface area contributed by atoms with Gasteiger partial charge in [0.2, 0.25) is 0 Å². The van der Waals surface area contributed by atoms with Crippen LogP contribution >= 0.6 is 0 Å². The molecule has 1 aromatic rings. The fraction of sp³-hybridized carbons (Fsp3) is 0.733. The summed E-state index contributed by atoms with van der Waals surface area (Å²) >= 11 is 0. The van der Waals surface area contributed by atoms with Gasteiger partial charge < -0.3 is 4.74 Å². The maximum absolute atomic E-state index is 11.9. The van der Waals surface area contributed by atoms with Crippen LogP contribution < -0.4 is 11.2 Å². The molecule has 1 saturated heterocycles. The Balaban J connectivity index is 2.16. The molecule has 0 aliphatic carbocycles. The Bertz CT molecular complexity index is 575. The van der Waals surface area contributed by atoms with Gasteiger partial charge in [-0.05, 0) is 31.6 Å². The van der Waals surface area contributed by atoms with Gasteiger partial charge in [0.1, 0.15) is 6.23 Å². The third-order valence-electron chi connectivity index (χ3n) is 4.61. The topological polar surface area (TPSA) is 64.1 Å². The predicted molar refractivity (Wildman–Crippen MR) is 77.8 cm³/mol. The minimum atomic E-state index is -0.387. The molecule has 0 amide bonds. The average molecular weight is 280 g/mol. The first-order chi connectivity index (χ1) is 9.43. The van der Waals surface area contributed by atoms with E-state index >= 15 is 0 Å². The Kier molecular flexibility index (Phi) is 4.48. The van der Waals surface area contributed by atoms with Crippen LogP contribution in [0.2, 0.25) is 0 Å². The van der Waals surface area contributed by atoms with E-state index < -0.39 is 0 Å². The highest BCUT2D eigenvalue weighted by atomic mass is 16.5. The highest BCUT2D eigenvalue weighted by Gasteiger charge is 2.32. The lowest BCUT2D eigenvalue weighted by Crippen LogP contribution is -2.34. The molecule has 1 N–H and O–H groups in total. The molecule has 2 rings (SSSR count). The number of aryl methyl sites for hydroxylation is 1. The van der Waals surface area contributed by atoms with Crippen molar-refractivity contribution >= 4 is 0 Å². The smallest absolute Gasteiger partial charge is 0.330 e. The first kappa shape index (κ1) is 15.0. The first-order valence-corrected chi connectivity index (χ1v) is 7.41. The number of ether oxygens (including phenoxy) is 1. The van der Waals surface area contributed by atoms with E-state index in [1.54, 1.807) is 13.1 Å². The molecule has 5 heteroatoms. The summed E-state index contributed by atoms with van der Waals surface area (Å²) in [7, 11) is 0. The fourth-order valence-electron chi connectivity index (χ4n) is 2.77. The van der Waals surface area contributed by atoms with E-state index in [-0.39, 0.29) is 23.6 Å². The number of nitrogens with zero attached hydrogens (tertiary/aromatic N) is 1. The molecule has 0 spiro atoms. The Morgan fingerprint density at radius 2 is 2.10 bits per heavy atom. The molecule has 5 nitrogen and oxygen atoms in total. The molecule has 1 aliphatic heterocycles. The molecule has 0 bridgehead atoms. The molecule has 112 valence electrons. The third kappa shape index (κ3) is 2.87. The van der Waals surface area contributed by atoms with Crippen molar-refractivity contribution in [1.82, 2.24) is 9.55 Å². The predicted octanol–water partition coefficient (Wildman–Crippen LogP) is 2.20. The molecule has 20 heavy (non-hydrogen) atoms. The molecule has 1 fully saturated rings. The lowest BCUT2D eigenvalue weighted by molar-refractivity contribution is -0.0350. The SMILES string of the molecule is CCC(C)C(C)C1CC[C@H](n2cc(C)c(=O)[nH]c2=O)O1. The standard InChI is InChI=1S/C15H24N2O3/c1-5-9(2)11(4)12-6-7-13(20-12)17-8-10(3)14(18)16-15(17)19/h8-9,11-13H,5-7H2,1-4H3,(H,16,18,19)/t9?,11?,12?,13-/m1/s1. The number of hydrogen-bond acceptors (Lipinski definition) is 3. The highest BCUT2D eigenvalue weighted by molar-refractivity contribution is 5.01. The van der Waals surface area contributed by atoms with E-state index in [1.807, 2.05) is 0 Å². The molecule has 4 atom stereocenters. The minimum absolute atomic E-state index is 0.189. The molecule has 1 aromatic heterocycles. The molecule has 1 aliphatic rings. The molecular formula is C15H24N2O3. The van der Waals surface area contributed by atoms with Gasteiger partial charge in [0.05, 0.1) is 6.10 Å². The zero-order chi connectivity index (χ0) is 14.9. The first-order valence-electron chi connectivity index (χ1n) is 7.41. The Hall–Kier alpha value is -1.36. The van der Waals surface area contributed by atoms with Gasteiger partial charge in [-0.2, -0.15) is 0 Å². The van der Waals surface area contributed by atoms with Crippen molar-refractivity contribution in [3.8, 4) is 0 Å². The Morgan fingerprint density at radius 1 is 1.40 bits per heavy atom. The molecule has 0 radical (unpaired) electrons. The zero-order valence-corrected chi connectivity index (χ0v) is 12.7. The van der Waals surface area contributed by atoms with E-state index in [2.05, 4.69) is 25.8 Å². The van der Waals surface area contributed by atoms with Crippen molar-refractivity contribution in [1.29, 1.82) is 0 Å². The number of aromatic nitrogens is 2. The van der Waals surface area contributed by atoms with Crippen molar-refractivity contribution in [2.75, 3.05) is 0 Å². The van der Waals surface area contributed by atoms with E-state index in [0.29, 0.717) is 17.4 Å². The van der Waals surface area contributed by atoms with Crippen molar-refractivity contribution < 1.29 is 4.74 Å². The van der Waals surface area contributed by atoms with Crippen molar-refractivity contribution in [3.05, 3.63) is 32.6 Å². The lowest BCUT2D eigenvalue weighted by Gasteiger charge is -2.25. The summed E-state index contributed by atoms with van der Waals surface area (Å²) in [6, 6.07) is 0. The van der Waals surface area contributed by atoms with Crippen molar-refractivity contribution in [2.45, 2.75) is 59.3 Å². The van der Waals surface area contributed by atoms with E-state index in [1.165, 1.54) is 4.57 Å². The maximum Gasteiger partial charge on any atom is 0.330 e. The molecule has 2 heterocycles. The van der Waals surface area contributed by atoms with Crippen molar-refractivity contribution in [3.63, 3.8) is 0 Å². The molecule has 0 saturated carbocycles. The Labute approximate surface area is 119 Å². The maximum atomic E-state index is 11.9. The average Bonchev–Trinajstić information content (AvgIpc) is 2.90. The fourth-order valence-corrected chi connectivity index (χ4v) is 2.77. The largest absolute Gasteiger partial charge is 0.354 e. The summed E-state index contributed by atoms with van der Waals surface area (Å²) in [6.07, 6.45) is 4.44. The Morgan fingerprint density at radius 3 is 2.75 bits per heavy atom. The monoisotopic (exact) mass is 280 g/mol. The van der Waals surface area contributed by atoms with E-state index in [0.717, 1.165) is 19.3 Å². The highest BCUT2D eigenvalue weighted by Crippen LogP contribution is 2.34. The van der Waals surface area contributed by atoms with Gasteiger partial charge >= 0.3 is 5.69 Å². The molecule has 3 unspecified atom stereocenters. The van der Waals surface area contributed by atoms with Gasteiger partial charge in [-0.3, -0.25) is 14.3 Å². The number of hydrogen-bond donors (Lipinski definition) is 1. The van der Waals surface area contributed by atoms with Crippen LogP contribution in [0, 0.1) is 18.8 Å². The second-order valence-electron chi connectivity index (χ2n) is 5.93. The normalized spacial score (nSPS) is 25.6. The van der Waals surface area contributed by atoms with Crippen LogP contribution in [-0.4, -0.2) is 15.7 Å². The summed E-state index contributed by atoms with van der Waals surface area (Å²) in [5.74, 6) is 1.08. The number of rotatable bonds is 4. The number of H-pyrrole nitrogens is 1. The van der Waals surface area contributed by atoms with Crippen LogP contribution in [0.4, 0.5) is 0 Å². The van der Waals surface area contributed by atoms with Crippen LogP contribution in [0.1, 0.15) is 51.8 Å². The van der Waals surface area contributed by atoms with Crippen LogP contribution in [0.5, 0.6) is 0 Å². The van der Waals surface area contributed by atoms with Crippen LogP contribution in [0.3, 0.4) is 0 Å². The summed E-state index contributed by atoms with van der Waals surface area (Å²) < 4.78 is 7.56. The number of nitrogens with one attached hydrogen (secondary N) is 1. The van der Waals surface area contributed by atoms with Crippen LogP contribution in [0.15, 0.2) is 15.8 Å².